The second-order valence-corrected chi connectivity index (χ2v) is 3.37. The van der Waals surface area contributed by atoms with Gasteiger partial charge < -0.3 is 15.2 Å². The lowest BCUT2D eigenvalue weighted by Gasteiger charge is -2.08. The van der Waals surface area contributed by atoms with Crippen LogP contribution in [-0.2, 0) is 0 Å². The van der Waals surface area contributed by atoms with Gasteiger partial charge in [-0.2, -0.15) is 0 Å². The van der Waals surface area contributed by atoms with Crippen LogP contribution >= 0.6 is 0 Å². The third-order valence-corrected chi connectivity index (χ3v) is 2.38. The Hall–Kier alpha value is -1.39. The molecule has 0 saturated heterocycles. The molecule has 4 heteroatoms. The normalized spacial score (nSPS) is 13.4. The summed E-state index contributed by atoms with van der Waals surface area (Å²) in [6, 6.07) is 3.55. The molecule has 0 aliphatic rings. The number of nitrogens with two attached hydrogens (primary N) is 1. The summed E-state index contributed by atoms with van der Waals surface area (Å²) in [6.07, 6.45) is 3.67. The Morgan fingerprint density at radius 2 is 2.43 bits per heavy atom. The highest BCUT2D eigenvalue weighted by molar-refractivity contribution is 5.53. The molecule has 0 aromatic carbocycles. The number of hydrogen-bond donors (Lipinski definition) is 2. The Balaban J connectivity index is 2.54. The van der Waals surface area contributed by atoms with Crippen LogP contribution in [0, 0.1) is 6.92 Å². The van der Waals surface area contributed by atoms with E-state index in [-0.39, 0.29) is 12.6 Å². The molecular formula is C10H13N3O. The second kappa shape index (κ2) is 3.40. The van der Waals surface area contributed by atoms with E-state index in [2.05, 4.69) is 4.98 Å². The van der Waals surface area contributed by atoms with Crippen molar-refractivity contribution < 1.29 is 5.11 Å². The van der Waals surface area contributed by atoms with Crippen molar-refractivity contribution in [3.63, 3.8) is 0 Å². The molecule has 0 bridgehead atoms. The molecule has 0 fully saturated rings. The largest absolute Gasteiger partial charge is 0.394 e. The molecule has 1 unspecified atom stereocenters. The summed E-state index contributed by atoms with van der Waals surface area (Å²) in [5.41, 5.74) is 8.66. The predicted octanol–water partition coefficient (Wildman–Crippen LogP) is 0.635. The molecule has 3 N–H and O–H groups in total. The minimum Gasteiger partial charge on any atom is -0.394 e. The van der Waals surface area contributed by atoms with Crippen molar-refractivity contribution in [3.8, 4) is 0 Å². The molecule has 0 aliphatic carbocycles. The fraction of sp³-hybridized carbons (Fsp3) is 0.300. The predicted molar refractivity (Wildman–Crippen MR) is 53.9 cm³/mol. The van der Waals surface area contributed by atoms with Crippen LogP contribution in [0.1, 0.15) is 17.3 Å². The number of rotatable bonds is 2. The third-order valence-electron chi connectivity index (χ3n) is 2.38. The van der Waals surface area contributed by atoms with Gasteiger partial charge >= 0.3 is 0 Å². The number of hydrogen-bond acceptors (Lipinski definition) is 3. The third kappa shape index (κ3) is 1.38. The molecule has 4 nitrogen and oxygen atoms in total. The second-order valence-electron chi connectivity index (χ2n) is 3.37. The van der Waals surface area contributed by atoms with Gasteiger partial charge in [-0.15, -0.1) is 0 Å². The Morgan fingerprint density at radius 3 is 3.14 bits per heavy atom. The summed E-state index contributed by atoms with van der Waals surface area (Å²) in [6.45, 7) is 1.91. The summed E-state index contributed by atoms with van der Waals surface area (Å²) < 4.78 is 1.93. The van der Waals surface area contributed by atoms with Crippen molar-refractivity contribution in [3.05, 3.63) is 35.9 Å². The molecule has 2 aromatic rings. The number of aryl methyl sites for hydroxylation is 1. The Bertz CT molecular complexity index is 450. The lowest BCUT2D eigenvalue weighted by Crippen LogP contribution is -2.14. The highest BCUT2D eigenvalue weighted by Gasteiger charge is 2.06. The monoisotopic (exact) mass is 191 g/mol. The lowest BCUT2D eigenvalue weighted by atomic mass is 10.1. The zero-order chi connectivity index (χ0) is 10.1. The molecule has 14 heavy (non-hydrogen) atoms. The van der Waals surface area contributed by atoms with Gasteiger partial charge in [-0.05, 0) is 24.6 Å². The van der Waals surface area contributed by atoms with Crippen LogP contribution in [-0.4, -0.2) is 21.1 Å². The first-order valence-electron chi connectivity index (χ1n) is 4.52. The number of imidazole rings is 1. The first-order valence-corrected chi connectivity index (χ1v) is 4.52. The molecule has 0 radical (unpaired) electrons. The van der Waals surface area contributed by atoms with Gasteiger partial charge in [0.2, 0.25) is 0 Å². The summed E-state index contributed by atoms with van der Waals surface area (Å²) in [5.74, 6) is 0. The maximum atomic E-state index is 8.93. The summed E-state index contributed by atoms with van der Waals surface area (Å²) in [4.78, 5) is 4.18. The summed E-state index contributed by atoms with van der Waals surface area (Å²) >= 11 is 0. The van der Waals surface area contributed by atoms with Crippen molar-refractivity contribution in [1.29, 1.82) is 0 Å². The molecule has 0 spiro atoms. The van der Waals surface area contributed by atoms with Crippen LogP contribution in [0.3, 0.4) is 0 Å². The molecule has 2 aromatic heterocycles. The van der Waals surface area contributed by atoms with Crippen LogP contribution in [0.5, 0.6) is 0 Å². The molecule has 74 valence electrons. The van der Waals surface area contributed by atoms with Crippen molar-refractivity contribution >= 4 is 5.52 Å². The molecule has 0 saturated carbocycles. The summed E-state index contributed by atoms with van der Waals surface area (Å²) in [5, 5.41) is 8.93. The van der Waals surface area contributed by atoms with Crippen molar-refractivity contribution in [1.82, 2.24) is 9.38 Å². The topological polar surface area (TPSA) is 63.5 Å². The zero-order valence-electron chi connectivity index (χ0n) is 8.01. The number of aliphatic hydroxyl groups is 1. The number of aromatic nitrogens is 2. The average molecular weight is 191 g/mol. The maximum Gasteiger partial charge on any atom is 0.0995 e. The SMILES string of the molecule is Cc1ncn2ccc(C(N)CO)cc12. The highest BCUT2D eigenvalue weighted by Crippen LogP contribution is 2.15. The quantitative estimate of drug-likeness (QED) is 0.732. The van der Waals surface area contributed by atoms with E-state index in [1.807, 2.05) is 29.7 Å². The fourth-order valence-electron chi connectivity index (χ4n) is 1.47. The van der Waals surface area contributed by atoms with Crippen molar-refractivity contribution in [2.24, 2.45) is 5.73 Å². The standard InChI is InChI=1S/C10H13N3O/c1-7-10-4-8(9(11)5-14)2-3-13(10)6-12-7/h2-4,6,9,14H,5,11H2,1H3. The van der Waals surface area contributed by atoms with Crippen LogP contribution in [0.25, 0.3) is 5.52 Å². The Labute approximate surface area is 82.0 Å². The average Bonchev–Trinajstić information content (AvgIpc) is 2.59. The van der Waals surface area contributed by atoms with E-state index in [1.165, 1.54) is 0 Å². The smallest absolute Gasteiger partial charge is 0.0995 e. The van der Waals surface area contributed by atoms with Gasteiger partial charge in [0.1, 0.15) is 0 Å². The van der Waals surface area contributed by atoms with Crippen LogP contribution < -0.4 is 5.73 Å². The van der Waals surface area contributed by atoms with Crippen LogP contribution in [0.15, 0.2) is 24.7 Å². The Kier molecular flexibility index (Phi) is 2.23. The maximum absolute atomic E-state index is 8.93. The first-order chi connectivity index (χ1) is 6.72. The Morgan fingerprint density at radius 1 is 1.64 bits per heavy atom. The van der Waals surface area contributed by atoms with Gasteiger partial charge in [0, 0.05) is 6.20 Å². The van der Waals surface area contributed by atoms with Gasteiger partial charge in [-0.25, -0.2) is 4.98 Å². The molecule has 2 heterocycles. The highest BCUT2D eigenvalue weighted by atomic mass is 16.3. The number of fused-ring (bicyclic) bond motifs is 1. The van der Waals surface area contributed by atoms with Gasteiger partial charge in [-0.1, -0.05) is 0 Å². The molecule has 2 rings (SSSR count). The molecule has 1 atom stereocenters. The fourth-order valence-corrected chi connectivity index (χ4v) is 1.47. The van der Waals surface area contributed by atoms with E-state index in [9.17, 15) is 0 Å². The molecule has 0 amide bonds. The molecule has 0 aliphatic heterocycles. The van der Waals surface area contributed by atoms with Gasteiger partial charge in [-0.3, -0.25) is 0 Å². The van der Waals surface area contributed by atoms with E-state index >= 15 is 0 Å². The van der Waals surface area contributed by atoms with Gasteiger partial charge in [0.15, 0.2) is 0 Å². The minimum atomic E-state index is -0.311. The van der Waals surface area contributed by atoms with E-state index < -0.39 is 0 Å². The zero-order valence-corrected chi connectivity index (χ0v) is 8.01. The minimum absolute atomic E-state index is 0.0383. The summed E-state index contributed by atoms with van der Waals surface area (Å²) in [7, 11) is 0. The first kappa shape index (κ1) is 9.18. The van der Waals surface area contributed by atoms with Gasteiger partial charge in [0.05, 0.1) is 30.2 Å². The van der Waals surface area contributed by atoms with Crippen LogP contribution in [0.4, 0.5) is 0 Å². The van der Waals surface area contributed by atoms with Crippen molar-refractivity contribution in [2.45, 2.75) is 13.0 Å². The van der Waals surface area contributed by atoms with Gasteiger partial charge in [0.25, 0.3) is 0 Å². The lowest BCUT2D eigenvalue weighted by molar-refractivity contribution is 0.268. The molecular weight excluding hydrogens is 178 g/mol. The van der Waals surface area contributed by atoms with E-state index in [0.717, 1.165) is 16.8 Å². The number of pyridine rings is 1. The van der Waals surface area contributed by atoms with Crippen molar-refractivity contribution in [2.75, 3.05) is 6.61 Å². The number of nitrogens with zero attached hydrogens (tertiary/aromatic N) is 2. The van der Waals surface area contributed by atoms with E-state index in [0.29, 0.717) is 0 Å². The van der Waals surface area contributed by atoms with E-state index in [4.69, 9.17) is 10.8 Å². The number of aliphatic hydroxyl groups excluding tert-OH is 1. The van der Waals surface area contributed by atoms with Crippen LogP contribution in [0.2, 0.25) is 0 Å². The van der Waals surface area contributed by atoms with E-state index in [1.54, 1.807) is 6.33 Å².